The number of aryl methyl sites for hydroxylation is 1. The van der Waals surface area contributed by atoms with E-state index in [4.69, 9.17) is 5.73 Å². The molecule has 2 N–H and O–H groups in total. The molecule has 5 heteroatoms. The molecule has 0 fully saturated rings. The van der Waals surface area contributed by atoms with Crippen molar-refractivity contribution in [3.05, 3.63) is 36.9 Å². The van der Waals surface area contributed by atoms with Gasteiger partial charge < -0.3 is 5.73 Å². The molecule has 2 aromatic heterocycles. The summed E-state index contributed by atoms with van der Waals surface area (Å²) in [5.41, 5.74) is 7.21. The maximum absolute atomic E-state index is 6.13. The number of aromatic nitrogens is 1. The van der Waals surface area contributed by atoms with Gasteiger partial charge in [0.1, 0.15) is 0 Å². The standard InChI is InChI=1S/C10H11BrN2S2/c1-6-13-7(5-15-6)4-9(12)10-8(11)2-3-14-10/h2-3,5,9H,4,12H2,1H3. The van der Waals surface area contributed by atoms with Crippen LogP contribution in [0.2, 0.25) is 0 Å². The molecular weight excluding hydrogens is 292 g/mol. The van der Waals surface area contributed by atoms with Crippen molar-refractivity contribution in [3.63, 3.8) is 0 Å². The van der Waals surface area contributed by atoms with Gasteiger partial charge in [0, 0.05) is 27.2 Å². The van der Waals surface area contributed by atoms with Crippen LogP contribution in [0.1, 0.15) is 21.6 Å². The molecule has 0 saturated carbocycles. The molecule has 2 rings (SSSR count). The number of hydrogen-bond acceptors (Lipinski definition) is 4. The smallest absolute Gasteiger partial charge is 0.0897 e. The highest BCUT2D eigenvalue weighted by Crippen LogP contribution is 2.29. The van der Waals surface area contributed by atoms with E-state index in [1.807, 2.05) is 18.4 Å². The monoisotopic (exact) mass is 302 g/mol. The van der Waals surface area contributed by atoms with Gasteiger partial charge in [-0.15, -0.1) is 22.7 Å². The van der Waals surface area contributed by atoms with Gasteiger partial charge in [-0.2, -0.15) is 0 Å². The molecule has 0 aromatic carbocycles. The van der Waals surface area contributed by atoms with E-state index < -0.39 is 0 Å². The minimum absolute atomic E-state index is 0.0425. The normalized spacial score (nSPS) is 13.0. The summed E-state index contributed by atoms with van der Waals surface area (Å²) in [6.07, 6.45) is 0.809. The molecule has 2 nitrogen and oxygen atoms in total. The fraction of sp³-hybridized carbons (Fsp3) is 0.300. The summed E-state index contributed by atoms with van der Waals surface area (Å²) < 4.78 is 1.10. The summed E-state index contributed by atoms with van der Waals surface area (Å²) in [6, 6.07) is 2.08. The molecule has 0 saturated heterocycles. The van der Waals surface area contributed by atoms with Crippen LogP contribution in [0.4, 0.5) is 0 Å². The third-order valence-electron chi connectivity index (χ3n) is 2.08. The van der Waals surface area contributed by atoms with E-state index in [0.29, 0.717) is 0 Å². The zero-order chi connectivity index (χ0) is 10.8. The van der Waals surface area contributed by atoms with Gasteiger partial charge in [0.15, 0.2) is 0 Å². The number of hydrogen-bond donors (Lipinski definition) is 1. The second-order valence-electron chi connectivity index (χ2n) is 3.30. The minimum atomic E-state index is 0.0425. The lowest BCUT2D eigenvalue weighted by Crippen LogP contribution is -2.12. The Bertz CT molecular complexity index is 450. The number of nitrogens with zero attached hydrogens (tertiary/aromatic N) is 1. The number of thiophene rings is 1. The molecule has 0 amide bonds. The Kier molecular flexibility index (Phi) is 3.56. The van der Waals surface area contributed by atoms with E-state index in [9.17, 15) is 0 Å². The number of halogens is 1. The lowest BCUT2D eigenvalue weighted by molar-refractivity contribution is 0.720. The van der Waals surface area contributed by atoms with Gasteiger partial charge in [-0.3, -0.25) is 0 Å². The Morgan fingerprint density at radius 1 is 1.53 bits per heavy atom. The van der Waals surface area contributed by atoms with Gasteiger partial charge >= 0.3 is 0 Å². The maximum Gasteiger partial charge on any atom is 0.0897 e. The van der Waals surface area contributed by atoms with Crippen LogP contribution in [-0.2, 0) is 6.42 Å². The van der Waals surface area contributed by atoms with E-state index in [1.165, 1.54) is 4.88 Å². The number of thiazole rings is 1. The van der Waals surface area contributed by atoms with E-state index in [1.54, 1.807) is 22.7 Å². The van der Waals surface area contributed by atoms with E-state index in [0.717, 1.165) is 21.6 Å². The Morgan fingerprint density at radius 2 is 2.33 bits per heavy atom. The fourth-order valence-corrected chi connectivity index (χ4v) is 3.69. The summed E-state index contributed by atoms with van der Waals surface area (Å²) in [7, 11) is 0. The Balaban J connectivity index is 2.10. The maximum atomic E-state index is 6.13. The van der Waals surface area contributed by atoms with Gasteiger partial charge in [0.25, 0.3) is 0 Å². The molecule has 0 spiro atoms. The van der Waals surface area contributed by atoms with Crippen molar-refractivity contribution in [2.24, 2.45) is 5.73 Å². The minimum Gasteiger partial charge on any atom is -0.323 e. The first-order valence-electron chi connectivity index (χ1n) is 4.56. The lowest BCUT2D eigenvalue weighted by Gasteiger charge is -2.08. The van der Waals surface area contributed by atoms with Crippen molar-refractivity contribution < 1.29 is 0 Å². The van der Waals surface area contributed by atoms with Crippen LogP contribution in [0.5, 0.6) is 0 Å². The third-order valence-corrected chi connectivity index (χ3v) is 4.90. The van der Waals surface area contributed by atoms with Crippen LogP contribution in [0.25, 0.3) is 0 Å². The van der Waals surface area contributed by atoms with Gasteiger partial charge in [-0.05, 0) is 34.3 Å². The molecule has 0 aliphatic rings. The zero-order valence-electron chi connectivity index (χ0n) is 8.24. The first-order chi connectivity index (χ1) is 7.16. The lowest BCUT2D eigenvalue weighted by atomic mass is 10.1. The highest BCUT2D eigenvalue weighted by molar-refractivity contribution is 9.10. The predicted octanol–water partition coefficient (Wildman–Crippen LogP) is 3.52. The highest BCUT2D eigenvalue weighted by Gasteiger charge is 2.13. The summed E-state index contributed by atoms with van der Waals surface area (Å²) in [5.74, 6) is 0. The van der Waals surface area contributed by atoms with Gasteiger partial charge in [-0.25, -0.2) is 4.98 Å². The van der Waals surface area contributed by atoms with E-state index in [2.05, 4.69) is 26.3 Å². The van der Waals surface area contributed by atoms with Crippen molar-refractivity contribution in [3.8, 4) is 0 Å². The average molecular weight is 303 g/mol. The first kappa shape index (κ1) is 11.3. The average Bonchev–Trinajstić information content (AvgIpc) is 2.75. The molecule has 2 aromatic rings. The molecule has 1 unspecified atom stereocenters. The summed E-state index contributed by atoms with van der Waals surface area (Å²) in [5, 5.41) is 5.23. The van der Waals surface area contributed by atoms with Crippen LogP contribution >= 0.6 is 38.6 Å². The largest absolute Gasteiger partial charge is 0.323 e. The van der Waals surface area contributed by atoms with Crippen LogP contribution < -0.4 is 5.73 Å². The van der Waals surface area contributed by atoms with E-state index in [-0.39, 0.29) is 6.04 Å². The molecule has 0 radical (unpaired) electrons. The quantitative estimate of drug-likeness (QED) is 0.942. The number of rotatable bonds is 3. The molecule has 15 heavy (non-hydrogen) atoms. The predicted molar refractivity (Wildman–Crippen MR) is 69.5 cm³/mol. The third kappa shape index (κ3) is 2.66. The van der Waals surface area contributed by atoms with Crippen molar-refractivity contribution in [1.29, 1.82) is 0 Å². The molecule has 1 atom stereocenters. The summed E-state index contributed by atoms with van der Waals surface area (Å²) in [4.78, 5) is 5.61. The van der Waals surface area contributed by atoms with Gasteiger partial charge in [-0.1, -0.05) is 0 Å². The SMILES string of the molecule is Cc1nc(CC(N)c2sccc2Br)cs1. The highest BCUT2D eigenvalue weighted by atomic mass is 79.9. The van der Waals surface area contributed by atoms with E-state index >= 15 is 0 Å². The molecule has 2 heterocycles. The molecule has 0 bridgehead atoms. The molecule has 80 valence electrons. The Labute approximate surface area is 105 Å². The summed E-state index contributed by atoms with van der Waals surface area (Å²) >= 11 is 6.86. The molecular formula is C10H11BrN2S2. The van der Waals surface area contributed by atoms with Crippen molar-refractivity contribution in [2.75, 3.05) is 0 Å². The molecule has 0 aliphatic carbocycles. The molecule has 0 aliphatic heterocycles. The second kappa shape index (κ2) is 4.74. The van der Waals surface area contributed by atoms with Crippen molar-refractivity contribution in [1.82, 2.24) is 4.98 Å². The zero-order valence-corrected chi connectivity index (χ0v) is 11.5. The van der Waals surface area contributed by atoms with Gasteiger partial charge in [0.2, 0.25) is 0 Å². The first-order valence-corrected chi connectivity index (χ1v) is 7.11. The van der Waals surface area contributed by atoms with Crippen molar-refractivity contribution in [2.45, 2.75) is 19.4 Å². The topological polar surface area (TPSA) is 38.9 Å². The number of nitrogens with two attached hydrogens (primary N) is 1. The second-order valence-corrected chi connectivity index (χ2v) is 6.17. The van der Waals surface area contributed by atoms with Crippen LogP contribution in [0.3, 0.4) is 0 Å². The fourth-order valence-electron chi connectivity index (χ4n) is 1.39. The van der Waals surface area contributed by atoms with Crippen molar-refractivity contribution >= 4 is 38.6 Å². The van der Waals surface area contributed by atoms with Crippen LogP contribution in [-0.4, -0.2) is 4.98 Å². The van der Waals surface area contributed by atoms with Gasteiger partial charge in [0.05, 0.1) is 10.7 Å². The van der Waals surface area contributed by atoms with Crippen LogP contribution in [0.15, 0.2) is 21.3 Å². The Hall–Kier alpha value is -0.230. The summed E-state index contributed by atoms with van der Waals surface area (Å²) in [6.45, 7) is 2.01. The van der Waals surface area contributed by atoms with Crippen LogP contribution in [0, 0.1) is 6.92 Å². The Morgan fingerprint density at radius 3 is 2.87 bits per heavy atom.